The van der Waals surface area contributed by atoms with E-state index in [1.807, 2.05) is 54.9 Å². The van der Waals surface area contributed by atoms with Crippen LogP contribution in [0, 0.1) is 18.8 Å². The Labute approximate surface area is 125 Å². The van der Waals surface area contributed by atoms with Crippen LogP contribution in [0.4, 0.5) is 5.69 Å². The Kier molecular flexibility index (Phi) is 4.81. The Morgan fingerprint density at radius 2 is 2.19 bits per heavy atom. The Balaban J connectivity index is 2.17. The third-order valence-electron chi connectivity index (χ3n) is 3.21. The SMILES string of the molecule is CCn1cccc1C(=O)Nc1ccc(C#CCN)c(C)c1. The van der Waals surface area contributed by atoms with Gasteiger partial charge in [-0.05, 0) is 49.7 Å². The second-order valence-electron chi connectivity index (χ2n) is 4.67. The van der Waals surface area contributed by atoms with Crippen molar-refractivity contribution in [1.29, 1.82) is 0 Å². The molecule has 0 saturated heterocycles. The molecule has 1 aromatic heterocycles. The van der Waals surface area contributed by atoms with E-state index in [0.717, 1.165) is 23.4 Å². The molecule has 3 N–H and O–H groups in total. The number of benzene rings is 1. The number of hydrogen-bond acceptors (Lipinski definition) is 2. The van der Waals surface area contributed by atoms with Gasteiger partial charge in [0.15, 0.2) is 0 Å². The Morgan fingerprint density at radius 1 is 1.38 bits per heavy atom. The van der Waals surface area contributed by atoms with E-state index in [1.54, 1.807) is 0 Å². The number of hydrogen-bond donors (Lipinski definition) is 2. The molecule has 0 bridgehead atoms. The molecule has 1 amide bonds. The van der Waals surface area contributed by atoms with Crippen LogP contribution in [-0.4, -0.2) is 17.0 Å². The fourth-order valence-electron chi connectivity index (χ4n) is 2.12. The Bertz CT molecular complexity index is 704. The van der Waals surface area contributed by atoms with Crippen LogP contribution in [-0.2, 0) is 6.54 Å². The zero-order chi connectivity index (χ0) is 15.2. The van der Waals surface area contributed by atoms with Crippen molar-refractivity contribution in [3.63, 3.8) is 0 Å². The number of nitrogens with one attached hydrogen (secondary N) is 1. The molecule has 0 unspecified atom stereocenters. The normalized spacial score (nSPS) is 9.86. The van der Waals surface area contributed by atoms with Crippen molar-refractivity contribution in [2.24, 2.45) is 5.73 Å². The summed E-state index contributed by atoms with van der Waals surface area (Å²) in [4.78, 5) is 12.2. The third kappa shape index (κ3) is 3.53. The highest BCUT2D eigenvalue weighted by Crippen LogP contribution is 2.15. The number of rotatable bonds is 3. The molecule has 108 valence electrons. The molecule has 2 aromatic rings. The van der Waals surface area contributed by atoms with Crippen LogP contribution in [0.5, 0.6) is 0 Å². The quantitative estimate of drug-likeness (QED) is 0.849. The predicted octanol–water partition coefficient (Wildman–Crippen LogP) is 2.38. The summed E-state index contributed by atoms with van der Waals surface area (Å²) in [5, 5.41) is 2.91. The van der Waals surface area contributed by atoms with E-state index in [2.05, 4.69) is 17.2 Å². The summed E-state index contributed by atoms with van der Waals surface area (Å²) >= 11 is 0. The van der Waals surface area contributed by atoms with E-state index in [1.165, 1.54) is 0 Å². The largest absolute Gasteiger partial charge is 0.344 e. The van der Waals surface area contributed by atoms with Crippen LogP contribution in [0.3, 0.4) is 0 Å². The first-order valence-electron chi connectivity index (χ1n) is 6.91. The fraction of sp³-hybridized carbons (Fsp3) is 0.235. The van der Waals surface area contributed by atoms with Gasteiger partial charge in [0.25, 0.3) is 5.91 Å². The van der Waals surface area contributed by atoms with Crippen LogP contribution >= 0.6 is 0 Å². The molecule has 2 rings (SSSR count). The van der Waals surface area contributed by atoms with Gasteiger partial charge in [0.1, 0.15) is 5.69 Å². The number of anilines is 1. The molecular weight excluding hydrogens is 262 g/mol. The van der Waals surface area contributed by atoms with E-state index in [-0.39, 0.29) is 5.91 Å². The number of aromatic nitrogens is 1. The van der Waals surface area contributed by atoms with Crippen LogP contribution in [0.2, 0.25) is 0 Å². The molecule has 0 aliphatic rings. The second-order valence-corrected chi connectivity index (χ2v) is 4.67. The molecule has 4 heteroatoms. The number of aryl methyl sites for hydroxylation is 2. The summed E-state index contributed by atoms with van der Waals surface area (Å²) < 4.78 is 1.91. The Morgan fingerprint density at radius 3 is 2.86 bits per heavy atom. The molecule has 4 nitrogen and oxygen atoms in total. The van der Waals surface area contributed by atoms with Gasteiger partial charge in [-0.1, -0.05) is 11.8 Å². The van der Waals surface area contributed by atoms with Gasteiger partial charge in [-0.3, -0.25) is 4.79 Å². The summed E-state index contributed by atoms with van der Waals surface area (Å²) in [5.74, 6) is 5.73. The molecule has 21 heavy (non-hydrogen) atoms. The maximum absolute atomic E-state index is 12.2. The summed E-state index contributed by atoms with van der Waals surface area (Å²) in [7, 11) is 0. The van der Waals surface area contributed by atoms with Crippen molar-refractivity contribution < 1.29 is 4.79 Å². The summed E-state index contributed by atoms with van der Waals surface area (Å²) in [6, 6.07) is 9.34. The van der Waals surface area contributed by atoms with Crippen LogP contribution < -0.4 is 11.1 Å². The molecule has 0 atom stereocenters. The maximum atomic E-state index is 12.2. The Hall–Kier alpha value is -2.51. The van der Waals surface area contributed by atoms with Gasteiger partial charge in [-0.15, -0.1) is 0 Å². The second kappa shape index (κ2) is 6.78. The van der Waals surface area contributed by atoms with E-state index in [4.69, 9.17) is 5.73 Å². The summed E-state index contributed by atoms with van der Waals surface area (Å²) in [6.07, 6.45) is 1.89. The lowest BCUT2D eigenvalue weighted by atomic mass is 10.1. The highest BCUT2D eigenvalue weighted by Gasteiger charge is 2.10. The zero-order valence-corrected chi connectivity index (χ0v) is 12.3. The molecular formula is C17H19N3O. The number of nitrogens with zero attached hydrogens (tertiary/aromatic N) is 1. The minimum atomic E-state index is -0.109. The predicted molar refractivity (Wildman–Crippen MR) is 85.2 cm³/mol. The first-order chi connectivity index (χ1) is 10.2. The van der Waals surface area contributed by atoms with E-state index >= 15 is 0 Å². The molecule has 0 aliphatic heterocycles. The lowest BCUT2D eigenvalue weighted by Crippen LogP contribution is -2.16. The van der Waals surface area contributed by atoms with Crippen molar-refractivity contribution in [1.82, 2.24) is 4.57 Å². The van der Waals surface area contributed by atoms with E-state index < -0.39 is 0 Å². The lowest BCUT2D eigenvalue weighted by molar-refractivity contribution is 0.101. The number of nitrogens with two attached hydrogens (primary N) is 1. The summed E-state index contributed by atoms with van der Waals surface area (Å²) in [6.45, 7) is 5.07. The van der Waals surface area contributed by atoms with Gasteiger partial charge >= 0.3 is 0 Å². The minimum absolute atomic E-state index is 0.109. The monoisotopic (exact) mass is 281 g/mol. The van der Waals surface area contributed by atoms with Crippen molar-refractivity contribution in [2.45, 2.75) is 20.4 Å². The lowest BCUT2D eigenvalue weighted by Gasteiger charge is -2.09. The third-order valence-corrected chi connectivity index (χ3v) is 3.21. The van der Waals surface area contributed by atoms with Crippen molar-refractivity contribution in [2.75, 3.05) is 11.9 Å². The molecule has 0 spiro atoms. The molecule has 0 radical (unpaired) electrons. The molecule has 0 fully saturated rings. The van der Waals surface area contributed by atoms with Crippen molar-refractivity contribution >= 4 is 11.6 Å². The van der Waals surface area contributed by atoms with Gasteiger partial charge < -0.3 is 15.6 Å². The van der Waals surface area contributed by atoms with Gasteiger partial charge in [-0.25, -0.2) is 0 Å². The van der Waals surface area contributed by atoms with Gasteiger partial charge in [0.05, 0.1) is 6.54 Å². The summed E-state index contributed by atoms with van der Waals surface area (Å²) in [5.41, 5.74) is 8.73. The van der Waals surface area contributed by atoms with Gasteiger partial charge in [-0.2, -0.15) is 0 Å². The average Bonchev–Trinajstić information content (AvgIpc) is 2.95. The fourth-order valence-corrected chi connectivity index (χ4v) is 2.12. The van der Waals surface area contributed by atoms with Crippen molar-refractivity contribution in [3.8, 4) is 11.8 Å². The number of carbonyl (C=O) groups is 1. The first kappa shape index (κ1) is 14.9. The van der Waals surface area contributed by atoms with Gasteiger partial charge in [0, 0.05) is 24.0 Å². The van der Waals surface area contributed by atoms with Crippen LogP contribution in [0.25, 0.3) is 0 Å². The van der Waals surface area contributed by atoms with Gasteiger partial charge in [0.2, 0.25) is 0 Å². The first-order valence-corrected chi connectivity index (χ1v) is 6.91. The standard InChI is InChI=1S/C17H19N3O/c1-3-20-11-5-7-16(20)17(21)19-15-9-8-14(6-4-10-18)13(2)12-15/h5,7-9,11-12H,3,10,18H2,1-2H3,(H,19,21). The zero-order valence-electron chi connectivity index (χ0n) is 12.3. The molecule has 1 aromatic carbocycles. The maximum Gasteiger partial charge on any atom is 0.272 e. The molecule has 0 aliphatic carbocycles. The van der Waals surface area contributed by atoms with E-state index in [9.17, 15) is 4.79 Å². The number of carbonyl (C=O) groups excluding carboxylic acids is 1. The van der Waals surface area contributed by atoms with Crippen LogP contribution in [0.15, 0.2) is 36.5 Å². The molecule has 0 saturated carbocycles. The average molecular weight is 281 g/mol. The topological polar surface area (TPSA) is 60.0 Å². The smallest absolute Gasteiger partial charge is 0.272 e. The van der Waals surface area contributed by atoms with Crippen molar-refractivity contribution in [3.05, 3.63) is 53.3 Å². The molecule has 1 heterocycles. The minimum Gasteiger partial charge on any atom is -0.344 e. The van der Waals surface area contributed by atoms with E-state index in [0.29, 0.717) is 12.2 Å². The highest BCUT2D eigenvalue weighted by atomic mass is 16.1. The van der Waals surface area contributed by atoms with Crippen LogP contribution in [0.1, 0.15) is 28.5 Å². The highest BCUT2D eigenvalue weighted by molar-refractivity contribution is 6.03. The number of amides is 1.